The Morgan fingerprint density at radius 1 is 1.30 bits per heavy atom. The maximum atomic E-state index is 12.1. The number of rotatable bonds is 10. The van der Waals surface area contributed by atoms with E-state index in [0.29, 0.717) is 41.8 Å². The summed E-state index contributed by atoms with van der Waals surface area (Å²) in [6.45, 7) is 3.86. The highest BCUT2D eigenvalue weighted by molar-refractivity contribution is 6.32. The molecule has 0 atom stereocenters. The van der Waals surface area contributed by atoms with Crippen molar-refractivity contribution < 1.29 is 14.3 Å². The van der Waals surface area contributed by atoms with E-state index in [-0.39, 0.29) is 18.3 Å². The van der Waals surface area contributed by atoms with Crippen LogP contribution in [-0.2, 0) is 0 Å². The maximum absolute atomic E-state index is 12.1. The Hall–Kier alpha value is -1.17. The van der Waals surface area contributed by atoms with Crippen molar-refractivity contribution in [2.24, 2.45) is 5.73 Å². The lowest BCUT2D eigenvalue weighted by Gasteiger charge is -2.14. The van der Waals surface area contributed by atoms with E-state index in [2.05, 4.69) is 12.2 Å². The molecule has 0 fully saturated rings. The molecule has 1 rings (SSSR count). The molecule has 0 bridgehead atoms. The summed E-state index contributed by atoms with van der Waals surface area (Å²) in [7, 11) is 1.53. The van der Waals surface area contributed by atoms with Crippen LogP contribution in [0, 0.1) is 0 Å². The molecule has 0 aliphatic heterocycles. The number of hydrogen-bond acceptors (Lipinski definition) is 4. The predicted octanol–water partition coefficient (Wildman–Crippen LogP) is 3.42. The molecule has 0 radical (unpaired) electrons. The molecule has 1 aromatic rings. The molecule has 0 saturated heterocycles. The summed E-state index contributed by atoms with van der Waals surface area (Å²) in [6, 6.07) is 3.25. The molecule has 0 aliphatic rings. The van der Waals surface area contributed by atoms with Gasteiger partial charge in [-0.1, -0.05) is 24.9 Å². The Kier molecular flexibility index (Phi) is 11.7. The number of ether oxygens (including phenoxy) is 2. The van der Waals surface area contributed by atoms with Crippen LogP contribution in [0.4, 0.5) is 0 Å². The number of hydrogen-bond donors (Lipinski definition) is 2. The molecule has 3 N–H and O–H groups in total. The third-order valence-corrected chi connectivity index (χ3v) is 3.43. The Bertz CT molecular complexity index is 485. The zero-order valence-corrected chi connectivity index (χ0v) is 15.3. The molecule has 0 unspecified atom stereocenters. The fourth-order valence-electron chi connectivity index (χ4n) is 1.88. The molecule has 0 aromatic heterocycles. The Labute approximate surface area is 149 Å². The third kappa shape index (κ3) is 7.29. The molecular weight excluding hydrogens is 339 g/mol. The SMILES string of the molecule is CCCCOc1c(Cl)cc(C(=O)NCCCCN)cc1OC.Cl. The smallest absolute Gasteiger partial charge is 0.251 e. The van der Waals surface area contributed by atoms with Crippen molar-refractivity contribution in [1.29, 1.82) is 0 Å². The van der Waals surface area contributed by atoms with Crippen molar-refractivity contribution in [2.45, 2.75) is 32.6 Å². The van der Waals surface area contributed by atoms with Crippen LogP contribution in [0.5, 0.6) is 11.5 Å². The van der Waals surface area contributed by atoms with Gasteiger partial charge in [0.05, 0.1) is 18.7 Å². The van der Waals surface area contributed by atoms with E-state index in [0.717, 1.165) is 25.7 Å². The van der Waals surface area contributed by atoms with Gasteiger partial charge in [0.15, 0.2) is 11.5 Å². The van der Waals surface area contributed by atoms with Gasteiger partial charge in [0.1, 0.15) is 0 Å². The van der Waals surface area contributed by atoms with Crippen LogP contribution in [0.3, 0.4) is 0 Å². The first-order valence-corrected chi connectivity index (χ1v) is 8.00. The summed E-state index contributed by atoms with van der Waals surface area (Å²) >= 11 is 6.22. The summed E-state index contributed by atoms with van der Waals surface area (Å²) in [4.78, 5) is 12.1. The van der Waals surface area contributed by atoms with E-state index >= 15 is 0 Å². The van der Waals surface area contributed by atoms with Gasteiger partial charge >= 0.3 is 0 Å². The van der Waals surface area contributed by atoms with E-state index in [1.54, 1.807) is 12.1 Å². The van der Waals surface area contributed by atoms with Crippen LogP contribution in [-0.4, -0.2) is 32.7 Å². The topological polar surface area (TPSA) is 73.6 Å². The van der Waals surface area contributed by atoms with Crippen molar-refractivity contribution in [3.05, 3.63) is 22.7 Å². The summed E-state index contributed by atoms with van der Waals surface area (Å²) < 4.78 is 10.9. The van der Waals surface area contributed by atoms with Crippen molar-refractivity contribution in [1.82, 2.24) is 5.32 Å². The second kappa shape index (κ2) is 12.3. The average Bonchev–Trinajstić information content (AvgIpc) is 2.52. The molecule has 0 saturated carbocycles. The van der Waals surface area contributed by atoms with Crippen LogP contribution in [0.1, 0.15) is 43.0 Å². The van der Waals surface area contributed by atoms with Crippen LogP contribution in [0.15, 0.2) is 12.1 Å². The van der Waals surface area contributed by atoms with Crippen molar-refractivity contribution in [2.75, 3.05) is 26.8 Å². The lowest BCUT2D eigenvalue weighted by molar-refractivity contribution is 0.0952. The minimum atomic E-state index is -0.183. The zero-order chi connectivity index (χ0) is 16.4. The van der Waals surface area contributed by atoms with Gasteiger partial charge in [-0.25, -0.2) is 0 Å². The number of benzene rings is 1. The van der Waals surface area contributed by atoms with Crippen LogP contribution in [0.2, 0.25) is 5.02 Å². The molecule has 0 aliphatic carbocycles. The second-order valence-corrected chi connectivity index (χ2v) is 5.35. The normalized spacial score (nSPS) is 9.91. The standard InChI is InChI=1S/C16H25ClN2O3.ClH/c1-3-4-9-22-15-13(17)10-12(11-14(15)21-2)16(20)19-8-6-5-7-18;/h10-11H,3-9,18H2,1-2H3,(H,19,20);1H. The number of nitrogens with one attached hydrogen (secondary N) is 1. The van der Waals surface area contributed by atoms with Gasteiger partial charge in [-0.2, -0.15) is 0 Å². The summed E-state index contributed by atoms with van der Waals surface area (Å²) in [6.07, 6.45) is 3.70. The number of carbonyl (C=O) groups is 1. The van der Waals surface area contributed by atoms with Gasteiger partial charge in [-0.05, 0) is 37.9 Å². The zero-order valence-electron chi connectivity index (χ0n) is 13.7. The van der Waals surface area contributed by atoms with E-state index in [9.17, 15) is 4.79 Å². The average molecular weight is 365 g/mol. The lowest BCUT2D eigenvalue weighted by Crippen LogP contribution is -2.25. The molecule has 0 spiro atoms. The quantitative estimate of drug-likeness (QED) is 0.623. The number of methoxy groups -OCH3 is 1. The number of halogens is 2. The van der Waals surface area contributed by atoms with Crippen molar-refractivity contribution in [3.8, 4) is 11.5 Å². The van der Waals surface area contributed by atoms with Gasteiger partial charge in [0.25, 0.3) is 5.91 Å². The molecule has 1 amide bonds. The predicted molar refractivity (Wildman–Crippen MR) is 96.3 cm³/mol. The van der Waals surface area contributed by atoms with Crippen molar-refractivity contribution in [3.63, 3.8) is 0 Å². The van der Waals surface area contributed by atoms with E-state index in [4.69, 9.17) is 26.8 Å². The Balaban J connectivity index is 0.00000484. The van der Waals surface area contributed by atoms with Crippen LogP contribution in [0.25, 0.3) is 0 Å². The van der Waals surface area contributed by atoms with Gasteiger partial charge < -0.3 is 20.5 Å². The minimum Gasteiger partial charge on any atom is -0.493 e. The van der Waals surface area contributed by atoms with E-state index in [1.165, 1.54) is 7.11 Å². The minimum absolute atomic E-state index is 0. The highest BCUT2D eigenvalue weighted by Crippen LogP contribution is 2.36. The molecule has 7 heteroatoms. The van der Waals surface area contributed by atoms with E-state index < -0.39 is 0 Å². The fourth-order valence-corrected chi connectivity index (χ4v) is 2.15. The Morgan fingerprint density at radius 3 is 2.65 bits per heavy atom. The highest BCUT2D eigenvalue weighted by Gasteiger charge is 2.15. The summed E-state index contributed by atoms with van der Waals surface area (Å²) in [5, 5.41) is 3.21. The second-order valence-electron chi connectivity index (χ2n) is 4.94. The third-order valence-electron chi connectivity index (χ3n) is 3.15. The van der Waals surface area contributed by atoms with Gasteiger partial charge in [-0.3, -0.25) is 4.79 Å². The van der Waals surface area contributed by atoms with Gasteiger partial charge in [-0.15, -0.1) is 12.4 Å². The number of nitrogens with two attached hydrogens (primary N) is 1. The molecular formula is C16H26Cl2N2O3. The molecule has 5 nitrogen and oxygen atoms in total. The monoisotopic (exact) mass is 364 g/mol. The fraction of sp³-hybridized carbons (Fsp3) is 0.562. The molecule has 132 valence electrons. The first kappa shape index (κ1) is 21.8. The highest BCUT2D eigenvalue weighted by atomic mass is 35.5. The first-order valence-electron chi connectivity index (χ1n) is 7.62. The largest absolute Gasteiger partial charge is 0.493 e. The van der Waals surface area contributed by atoms with Gasteiger partial charge in [0, 0.05) is 12.1 Å². The molecule has 1 aromatic carbocycles. The number of carbonyl (C=O) groups excluding carboxylic acids is 1. The van der Waals surface area contributed by atoms with E-state index in [1.807, 2.05) is 0 Å². The number of amides is 1. The maximum Gasteiger partial charge on any atom is 0.251 e. The first-order chi connectivity index (χ1) is 10.6. The summed E-state index contributed by atoms with van der Waals surface area (Å²) in [5.41, 5.74) is 5.88. The Morgan fingerprint density at radius 2 is 2.04 bits per heavy atom. The van der Waals surface area contributed by atoms with Crippen LogP contribution < -0.4 is 20.5 Å². The molecule has 0 heterocycles. The summed E-state index contributed by atoms with van der Waals surface area (Å²) in [5.74, 6) is 0.769. The van der Waals surface area contributed by atoms with Crippen molar-refractivity contribution >= 4 is 29.9 Å². The van der Waals surface area contributed by atoms with Crippen LogP contribution >= 0.6 is 24.0 Å². The number of unbranched alkanes of at least 4 members (excludes halogenated alkanes) is 2. The lowest BCUT2D eigenvalue weighted by atomic mass is 10.1. The molecule has 23 heavy (non-hydrogen) atoms. The van der Waals surface area contributed by atoms with Gasteiger partial charge in [0.2, 0.25) is 0 Å².